The van der Waals surface area contributed by atoms with Crippen molar-refractivity contribution in [1.82, 2.24) is 14.9 Å². The van der Waals surface area contributed by atoms with Crippen LogP contribution in [0.15, 0.2) is 103 Å². The van der Waals surface area contributed by atoms with Gasteiger partial charge in [-0.1, -0.05) is 48.0 Å². The molecule has 7 heteroatoms. The number of rotatable bonds is 5. The number of pyridine rings is 1. The van der Waals surface area contributed by atoms with Crippen LogP contribution in [0, 0.1) is 0 Å². The van der Waals surface area contributed by atoms with Crippen molar-refractivity contribution in [2.45, 2.75) is 12.1 Å². The average molecular weight is 511 g/mol. The molecule has 2 aromatic heterocycles. The van der Waals surface area contributed by atoms with E-state index in [9.17, 15) is 0 Å². The van der Waals surface area contributed by atoms with Gasteiger partial charge in [0.1, 0.15) is 11.8 Å². The largest absolute Gasteiger partial charge is 0.495 e. The molecular formula is C29H23ClN4OS. The summed E-state index contributed by atoms with van der Waals surface area (Å²) >= 11 is 12.4. The molecule has 0 amide bonds. The van der Waals surface area contributed by atoms with Crippen LogP contribution in [0.25, 0.3) is 16.5 Å². The summed E-state index contributed by atoms with van der Waals surface area (Å²) in [5, 5.41) is 7.06. The zero-order valence-corrected chi connectivity index (χ0v) is 21.1. The van der Waals surface area contributed by atoms with Crippen molar-refractivity contribution < 1.29 is 4.74 Å². The predicted octanol–water partition coefficient (Wildman–Crippen LogP) is 6.86. The SMILES string of the molecule is COc1ccc(N2C(=S)N[C@H](c3ccccn3)[C@H]2c2cccn2-c2ccc3ccccc3c2)cc1Cl. The van der Waals surface area contributed by atoms with E-state index in [0.717, 1.165) is 22.8 Å². The summed E-state index contributed by atoms with van der Waals surface area (Å²) in [4.78, 5) is 6.79. The van der Waals surface area contributed by atoms with E-state index in [0.29, 0.717) is 15.9 Å². The minimum absolute atomic E-state index is 0.159. The standard InChI is InChI=1S/C29H23ClN4OS/c1-35-26-14-13-22(18-23(26)30)34-28(27(32-29(34)36)24-9-4-5-15-31-24)25-10-6-16-33(25)21-12-11-19-7-2-3-8-20(19)17-21/h2-18,27-28H,1H3,(H,32,36)/t27-,28-/m1/s1. The highest BCUT2D eigenvalue weighted by Gasteiger charge is 2.42. The lowest BCUT2D eigenvalue weighted by Gasteiger charge is -2.29. The van der Waals surface area contributed by atoms with E-state index in [-0.39, 0.29) is 12.1 Å². The Hall–Kier alpha value is -3.87. The Morgan fingerprint density at radius 2 is 1.69 bits per heavy atom. The predicted molar refractivity (Wildman–Crippen MR) is 149 cm³/mol. The van der Waals surface area contributed by atoms with Gasteiger partial charge in [0.25, 0.3) is 0 Å². The molecule has 3 aromatic carbocycles. The van der Waals surface area contributed by atoms with E-state index in [1.54, 1.807) is 7.11 Å². The second-order valence-corrected chi connectivity index (χ2v) is 9.44. The van der Waals surface area contributed by atoms with Crippen molar-refractivity contribution in [1.29, 1.82) is 0 Å². The fourth-order valence-electron chi connectivity index (χ4n) is 4.94. The molecule has 1 saturated heterocycles. The number of hydrogen-bond donors (Lipinski definition) is 1. The summed E-state index contributed by atoms with van der Waals surface area (Å²) in [7, 11) is 1.61. The van der Waals surface area contributed by atoms with Gasteiger partial charge in [-0.05, 0) is 77.6 Å². The molecular weight excluding hydrogens is 488 g/mol. The molecule has 5 nitrogen and oxygen atoms in total. The topological polar surface area (TPSA) is 42.3 Å². The van der Waals surface area contributed by atoms with Crippen LogP contribution in [0.1, 0.15) is 23.5 Å². The minimum atomic E-state index is -0.168. The number of benzene rings is 3. The minimum Gasteiger partial charge on any atom is -0.495 e. The molecule has 0 bridgehead atoms. The summed E-state index contributed by atoms with van der Waals surface area (Å²) in [5.74, 6) is 0.621. The highest BCUT2D eigenvalue weighted by molar-refractivity contribution is 7.80. The highest BCUT2D eigenvalue weighted by atomic mass is 35.5. The average Bonchev–Trinajstić information content (AvgIpc) is 3.53. The number of aromatic nitrogens is 2. The number of ether oxygens (including phenoxy) is 1. The lowest BCUT2D eigenvalue weighted by molar-refractivity contribution is 0.415. The van der Waals surface area contributed by atoms with Gasteiger partial charge in [0.2, 0.25) is 0 Å². The molecule has 0 spiro atoms. The molecule has 178 valence electrons. The number of nitrogens with zero attached hydrogens (tertiary/aromatic N) is 3. The van der Waals surface area contributed by atoms with Crippen molar-refractivity contribution in [2.24, 2.45) is 0 Å². The first kappa shape index (κ1) is 22.6. The number of hydrogen-bond acceptors (Lipinski definition) is 3. The van der Waals surface area contributed by atoms with Crippen molar-refractivity contribution >= 4 is 45.4 Å². The molecule has 3 heterocycles. The first-order valence-corrected chi connectivity index (χ1v) is 12.4. The number of nitrogens with one attached hydrogen (secondary N) is 1. The van der Waals surface area contributed by atoms with Crippen LogP contribution in [0.2, 0.25) is 5.02 Å². The second kappa shape index (κ2) is 9.30. The molecule has 36 heavy (non-hydrogen) atoms. The first-order valence-electron chi connectivity index (χ1n) is 11.6. The Labute approximate surface area is 219 Å². The Balaban J connectivity index is 1.51. The Morgan fingerprint density at radius 3 is 2.47 bits per heavy atom. The number of methoxy groups -OCH3 is 1. The molecule has 1 aliphatic heterocycles. The molecule has 6 rings (SSSR count). The van der Waals surface area contributed by atoms with Gasteiger partial charge in [-0.15, -0.1) is 0 Å². The normalized spacial score (nSPS) is 17.4. The van der Waals surface area contributed by atoms with Crippen molar-refractivity contribution in [3.05, 3.63) is 120 Å². The van der Waals surface area contributed by atoms with Gasteiger partial charge in [-0.3, -0.25) is 4.98 Å². The molecule has 0 aliphatic carbocycles. The van der Waals surface area contributed by atoms with Gasteiger partial charge >= 0.3 is 0 Å². The highest BCUT2D eigenvalue weighted by Crippen LogP contribution is 2.43. The fourth-order valence-corrected chi connectivity index (χ4v) is 5.53. The summed E-state index contributed by atoms with van der Waals surface area (Å²) in [6.07, 6.45) is 3.90. The van der Waals surface area contributed by atoms with E-state index in [1.807, 2.05) is 42.6 Å². The maximum atomic E-state index is 6.53. The third kappa shape index (κ3) is 3.88. The zero-order chi connectivity index (χ0) is 24.6. The molecule has 1 aliphatic rings. The van der Waals surface area contributed by atoms with Crippen molar-refractivity contribution in [2.75, 3.05) is 12.0 Å². The molecule has 0 unspecified atom stereocenters. The van der Waals surface area contributed by atoms with E-state index < -0.39 is 0 Å². The van der Waals surface area contributed by atoms with Crippen molar-refractivity contribution in [3.8, 4) is 11.4 Å². The lowest BCUT2D eigenvalue weighted by atomic mass is 10.0. The van der Waals surface area contributed by atoms with Gasteiger partial charge in [-0.2, -0.15) is 0 Å². The van der Waals surface area contributed by atoms with Gasteiger partial charge in [0.05, 0.1) is 23.9 Å². The van der Waals surface area contributed by atoms with E-state index >= 15 is 0 Å². The summed E-state index contributed by atoms with van der Waals surface area (Å²) in [6.45, 7) is 0. The van der Waals surface area contributed by atoms with Crippen LogP contribution in [0.3, 0.4) is 0 Å². The summed E-state index contributed by atoms with van der Waals surface area (Å²) in [5.41, 5.74) is 3.96. The Kier molecular flexibility index (Phi) is 5.83. The first-order chi connectivity index (χ1) is 17.6. The third-order valence-electron chi connectivity index (χ3n) is 6.61. The fraction of sp³-hybridized carbons (Fsp3) is 0.103. The van der Waals surface area contributed by atoms with Gasteiger partial charge in [0.15, 0.2) is 5.11 Å². The molecule has 5 aromatic rings. The van der Waals surface area contributed by atoms with Crippen LogP contribution in [-0.4, -0.2) is 21.8 Å². The summed E-state index contributed by atoms with van der Waals surface area (Å²) < 4.78 is 7.60. The second-order valence-electron chi connectivity index (χ2n) is 8.65. The van der Waals surface area contributed by atoms with Crippen LogP contribution in [0.4, 0.5) is 5.69 Å². The number of anilines is 1. The Morgan fingerprint density at radius 1 is 0.889 bits per heavy atom. The van der Waals surface area contributed by atoms with Gasteiger partial charge in [0, 0.05) is 29.5 Å². The van der Waals surface area contributed by atoms with Crippen LogP contribution in [-0.2, 0) is 0 Å². The van der Waals surface area contributed by atoms with E-state index in [1.165, 1.54) is 10.8 Å². The van der Waals surface area contributed by atoms with Crippen LogP contribution < -0.4 is 15.0 Å². The monoisotopic (exact) mass is 510 g/mol. The van der Waals surface area contributed by atoms with Crippen LogP contribution >= 0.6 is 23.8 Å². The molecule has 0 saturated carbocycles. The maximum absolute atomic E-state index is 6.53. The third-order valence-corrected chi connectivity index (χ3v) is 7.22. The molecule has 1 fully saturated rings. The van der Waals surface area contributed by atoms with E-state index in [2.05, 4.69) is 80.6 Å². The zero-order valence-electron chi connectivity index (χ0n) is 19.5. The van der Waals surface area contributed by atoms with Gasteiger partial charge < -0.3 is 19.5 Å². The van der Waals surface area contributed by atoms with E-state index in [4.69, 9.17) is 28.6 Å². The van der Waals surface area contributed by atoms with Crippen LogP contribution in [0.5, 0.6) is 5.75 Å². The molecule has 0 radical (unpaired) electrons. The van der Waals surface area contributed by atoms with Crippen molar-refractivity contribution in [3.63, 3.8) is 0 Å². The number of halogens is 1. The lowest BCUT2D eigenvalue weighted by Crippen LogP contribution is -2.30. The molecule has 1 N–H and O–H groups in total. The number of fused-ring (bicyclic) bond motifs is 1. The maximum Gasteiger partial charge on any atom is 0.174 e. The molecule has 2 atom stereocenters. The van der Waals surface area contributed by atoms with Gasteiger partial charge in [-0.25, -0.2) is 0 Å². The number of thiocarbonyl (C=S) groups is 1. The quantitative estimate of drug-likeness (QED) is 0.261. The smallest absolute Gasteiger partial charge is 0.174 e. The Bertz CT molecular complexity index is 1570. The summed E-state index contributed by atoms with van der Waals surface area (Å²) in [6, 6.07) is 30.5.